The summed E-state index contributed by atoms with van der Waals surface area (Å²) in [5.41, 5.74) is 0.284. The van der Waals surface area contributed by atoms with E-state index in [2.05, 4.69) is 9.97 Å². The van der Waals surface area contributed by atoms with Crippen LogP contribution in [-0.4, -0.2) is 26.6 Å². The highest BCUT2D eigenvalue weighted by atomic mass is 32.1. The van der Waals surface area contributed by atoms with Gasteiger partial charge in [0.05, 0.1) is 17.7 Å². The summed E-state index contributed by atoms with van der Waals surface area (Å²) in [6.07, 6.45) is -4.03. The maximum atomic E-state index is 12.8. The first-order valence-electron chi connectivity index (χ1n) is 9.88. The molecule has 6 nitrogen and oxygen atoms in total. The number of halogens is 3. The number of carboxylic acids is 1. The van der Waals surface area contributed by atoms with Gasteiger partial charge in [0, 0.05) is 16.5 Å². The van der Waals surface area contributed by atoms with Crippen LogP contribution in [0.2, 0.25) is 0 Å². The fourth-order valence-corrected chi connectivity index (χ4v) is 4.15. The van der Waals surface area contributed by atoms with Crippen molar-refractivity contribution >= 4 is 28.4 Å². The Labute approximate surface area is 190 Å². The molecule has 0 spiro atoms. The number of ether oxygens (including phenoxy) is 1. The van der Waals surface area contributed by atoms with Gasteiger partial charge in [0.1, 0.15) is 16.3 Å². The number of benzene rings is 2. The number of alkyl halides is 3. The van der Waals surface area contributed by atoms with Gasteiger partial charge in [0.25, 0.3) is 0 Å². The lowest BCUT2D eigenvalue weighted by molar-refractivity contribution is -0.152. The number of oxazole rings is 1. The molecule has 0 bridgehead atoms. The Hall–Kier alpha value is -3.40. The minimum absolute atomic E-state index is 0.355. The molecule has 4 rings (SSSR count). The molecular weight excluding hydrogens is 457 g/mol. The van der Waals surface area contributed by atoms with Crippen LogP contribution in [-0.2, 0) is 17.4 Å². The van der Waals surface area contributed by atoms with Crippen molar-refractivity contribution in [1.82, 2.24) is 9.97 Å². The number of thiazole rings is 1. The number of fused-ring (bicyclic) bond motifs is 1. The van der Waals surface area contributed by atoms with E-state index in [1.807, 2.05) is 6.92 Å². The monoisotopic (exact) mass is 476 g/mol. The average molecular weight is 476 g/mol. The van der Waals surface area contributed by atoms with Crippen LogP contribution in [0.1, 0.15) is 35.9 Å². The van der Waals surface area contributed by atoms with E-state index < -0.39 is 23.3 Å². The van der Waals surface area contributed by atoms with Crippen molar-refractivity contribution < 1.29 is 32.2 Å². The third-order valence-electron chi connectivity index (χ3n) is 4.95. The highest BCUT2D eigenvalue weighted by Crippen LogP contribution is 2.34. The SMILES string of the molecule is Cc1nc(-c2ccc(C(F)(F)F)cc2)sc1Cc1nc2cc(OC(C)(C)C(=O)O)ccc2o1. The van der Waals surface area contributed by atoms with E-state index in [-0.39, 0.29) is 0 Å². The molecule has 0 amide bonds. The zero-order valence-corrected chi connectivity index (χ0v) is 18.7. The van der Waals surface area contributed by atoms with Crippen molar-refractivity contribution in [3.05, 3.63) is 64.5 Å². The second-order valence-electron chi connectivity index (χ2n) is 7.93. The van der Waals surface area contributed by atoms with E-state index in [0.717, 1.165) is 22.7 Å². The summed E-state index contributed by atoms with van der Waals surface area (Å²) in [5, 5.41) is 9.84. The van der Waals surface area contributed by atoms with E-state index in [0.29, 0.717) is 39.7 Å². The van der Waals surface area contributed by atoms with Gasteiger partial charge in [-0.1, -0.05) is 12.1 Å². The van der Waals surface area contributed by atoms with Crippen LogP contribution < -0.4 is 4.74 Å². The van der Waals surface area contributed by atoms with Crippen LogP contribution in [0, 0.1) is 6.92 Å². The Morgan fingerprint density at radius 1 is 1.12 bits per heavy atom. The number of carbonyl (C=O) groups is 1. The van der Waals surface area contributed by atoms with Crippen LogP contribution >= 0.6 is 11.3 Å². The van der Waals surface area contributed by atoms with Gasteiger partial charge in [-0.05, 0) is 45.0 Å². The van der Waals surface area contributed by atoms with E-state index in [4.69, 9.17) is 9.15 Å². The topological polar surface area (TPSA) is 85.5 Å². The number of carboxylic acid groups (broad SMARTS) is 1. The van der Waals surface area contributed by atoms with Crippen molar-refractivity contribution in [3.63, 3.8) is 0 Å². The molecule has 10 heteroatoms. The lowest BCUT2D eigenvalue weighted by atomic mass is 10.1. The molecule has 172 valence electrons. The summed E-state index contributed by atoms with van der Waals surface area (Å²) < 4.78 is 49.7. The van der Waals surface area contributed by atoms with Crippen molar-refractivity contribution in [2.24, 2.45) is 0 Å². The minimum Gasteiger partial charge on any atom is -0.478 e. The third kappa shape index (κ3) is 4.85. The fourth-order valence-electron chi connectivity index (χ4n) is 3.09. The average Bonchev–Trinajstić information content (AvgIpc) is 3.30. The van der Waals surface area contributed by atoms with Gasteiger partial charge in [-0.3, -0.25) is 0 Å². The molecule has 0 atom stereocenters. The summed E-state index contributed by atoms with van der Waals surface area (Å²) in [6, 6.07) is 9.78. The number of aryl methyl sites for hydroxylation is 1. The maximum absolute atomic E-state index is 12.8. The maximum Gasteiger partial charge on any atom is 0.416 e. The van der Waals surface area contributed by atoms with E-state index in [1.165, 1.54) is 37.3 Å². The molecule has 2 heterocycles. The Bertz CT molecular complexity index is 1320. The van der Waals surface area contributed by atoms with Gasteiger partial charge in [0.2, 0.25) is 5.89 Å². The molecule has 4 aromatic rings. The van der Waals surface area contributed by atoms with Crippen molar-refractivity contribution in [2.75, 3.05) is 0 Å². The molecule has 0 saturated heterocycles. The van der Waals surface area contributed by atoms with Gasteiger partial charge >= 0.3 is 12.1 Å². The molecule has 0 radical (unpaired) electrons. The quantitative estimate of drug-likeness (QED) is 0.361. The standard InChI is InChI=1S/C23H19F3N2O4S/c1-12-18(33-20(27-12)13-4-6-14(7-5-13)23(24,25)26)11-19-28-16-10-15(8-9-17(16)31-19)32-22(2,3)21(29)30/h4-10H,11H2,1-3H3,(H,29,30). The Morgan fingerprint density at radius 2 is 1.82 bits per heavy atom. The van der Waals surface area contributed by atoms with Crippen molar-refractivity contribution in [2.45, 2.75) is 39.0 Å². The molecule has 0 fully saturated rings. The molecule has 0 unspecified atom stereocenters. The van der Waals surface area contributed by atoms with Gasteiger partial charge in [-0.25, -0.2) is 14.8 Å². The van der Waals surface area contributed by atoms with Gasteiger partial charge in [-0.15, -0.1) is 11.3 Å². The summed E-state index contributed by atoms with van der Waals surface area (Å²) in [7, 11) is 0. The van der Waals surface area contributed by atoms with Crippen LogP contribution in [0.25, 0.3) is 21.7 Å². The zero-order chi connectivity index (χ0) is 24.0. The van der Waals surface area contributed by atoms with Gasteiger partial charge < -0.3 is 14.3 Å². The number of aromatic nitrogens is 2. The number of rotatable bonds is 6. The smallest absolute Gasteiger partial charge is 0.416 e. The van der Waals surface area contributed by atoms with Crippen molar-refractivity contribution in [1.29, 1.82) is 0 Å². The normalized spacial score (nSPS) is 12.3. The molecule has 1 N–H and O–H groups in total. The van der Waals surface area contributed by atoms with E-state index in [9.17, 15) is 23.1 Å². The Kier molecular flexibility index (Phi) is 5.65. The third-order valence-corrected chi connectivity index (χ3v) is 6.16. The van der Waals surface area contributed by atoms with Crippen LogP contribution in [0.3, 0.4) is 0 Å². The molecule has 0 aliphatic heterocycles. The van der Waals surface area contributed by atoms with Crippen LogP contribution in [0.5, 0.6) is 5.75 Å². The highest BCUT2D eigenvalue weighted by molar-refractivity contribution is 7.15. The van der Waals surface area contributed by atoms with Crippen LogP contribution in [0.4, 0.5) is 13.2 Å². The number of hydrogen-bond donors (Lipinski definition) is 1. The first-order valence-corrected chi connectivity index (χ1v) is 10.7. The lowest BCUT2D eigenvalue weighted by Crippen LogP contribution is -2.37. The first kappa shape index (κ1) is 22.8. The summed E-state index contributed by atoms with van der Waals surface area (Å²) in [4.78, 5) is 21.1. The Morgan fingerprint density at radius 3 is 2.45 bits per heavy atom. The summed E-state index contributed by atoms with van der Waals surface area (Å²) in [5.74, 6) is -0.299. The molecule has 0 aliphatic carbocycles. The van der Waals surface area contributed by atoms with Crippen LogP contribution in [0.15, 0.2) is 46.9 Å². The zero-order valence-electron chi connectivity index (χ0n) is 17.9. The fraction of sp³-hybridized carbons (Fsp3) is 0.261. The number of aliphatic carboxylic acids is 1. The molecule has 33 heavy (non-hydrogen) atoms. The molecule has 2 aromatic heterocycles. The molecule has 2 aromatic carbocycles. The predicted molar refractivity (Wildman–Crippen MR) is 116 cm³/mol. The lowest BCUT2D eigenvalue weighted by Gasteiger charge is -2.21. The number of hydrogen-bond acceptors (Lipinski definition) is 6. The molecule has 0 saturated carbocycles. The van der Waals surface area contributed by atoms with E-state index >= 15 is 0 Å². The molecular formula is C23H19F3N2O4S. The summed E-state index contributed by atoms with van der Waals surface area (Å²) >= 11 is 1.36. The van der Waals surface area contributed by atoms with Gasteiger partial charge in [0.15, 0.2) is 11.2 Å². The number of nitrogens with zero attached hydrogens (tertiary/aromatic N) is 2. The largest absolute Gasteiger partial charge is 0.478 e. The second kappa shape index (κ2) is 8.18. The second-order valence-corrected chi connectivity index (χ2v) is 9.02. The molecule has 0 aliphatic rings. The van der Waals surface area contributed by atoms with E-state index in [1.54, 1.807) is 18.2 Å². The minimum atomic E-state index is -4.39. The van der Waals surface area contributed by atoms with Crippen molar-refractivity contribution in [3.8, 4) is 16.3 Å². The summed E-state index contributed by atoms with van der Waals surface area (Å²) in [6.45, 7) is 4.73. The first-order chi connectivity index (χ1) is 15.4. The van der Waals surface area contributed by atoms with Gasteiger partial charge in [-0.2, -0.15) is 13.2 Å². The Balaban J connectivity index is 1.55. The highest BCUT2D eigenvalue weighted by Gasteiger charge is 2.30. The predicted octanol–water partition coefficient (Wildman–Crippen LogP) is 6.11.